The summed E-state index contributed by atoms with van der Waals surface area (Å²) in [7, 11) is 1.62. The number of ether oxygens (including phenoxy) is 2. The molecule has 0 aromatic carbocycles. The Kier molecular flexibility index (Phi) is 10.6. The Hall–Kier alpha value is -1.14. The van der Waals surface area contributed by atoms with Crippen LogP contribution in [0, 0.1) is 0 Å². The first-order chi connectivity index (χ1) is 8.20. The van der Waals surface area contributed by atoms with Gasteiger partial charge in [-0.25, -0.2) is 4.79 Å². The number of amides is 1. The van der Waals surface area contributed by atoms with Crippen molar-refractivity contribution in [1.29, 1.82) is 0 Å². The summed E-state index contributed by atoms with van der Waals surface area (Å²) in [5.41, 5.74) is 0. The van der Waals surface area contributed by atoms with Crippen LogP contribution in [0.15, 0.2) is 0 Å². The summed E-state index contributed by atoms with van der Waals surface area (Å²) in [6.07, 6.45) is 1.27. The van der Waals surface area contributed by atoms with Gasteiger partial charge in [0, 0.05) is 26.6 Å². The van der Waals surface area contributed by atoms with Gasteiger partial charge in [-0.1, -0.05) is 0 Å². The number of carbonyl (C=O) groups is 2. The van der Waals surface area contributed by atoms with Gasteiger partial charge in [-0.2, -0.15) is 0 Å². The summed E-state index contributed by atoms with van der Waals surface area (Å²) >= 11 is 0. The Bertz CT molecular complexity index is 222. The number of nitrogens with one attached hydrogen (secondary N) is 2. The Morgan fingerprint density at radius 1 is 1.24 bits per heavy atom. The highest BCUT2D eigenvalue weighted by molar-refractivity contribution is 5.75. The summed E-state index contributed by atoms with van der Waals surface area (Å²) in [6.45, 7) is 4.06. The molecule has 0 fully saturated rings. The van der Waals surface area contributed by atoms with Crippen molar-refractivity contribution < 1.29 is 19.1 Å². The predicted molar refractivity (Wildman–Crippen MR) is 63.6 cm³/mol. The highest BCUT2D eigenvalue weighted by Gasteiger charge is 2.00. The minimum Gasteiger partial charge on any atom is -0.464 e. The van der Waals surface area contributed by atoms with Crippen molar-refractivity contribution in [3.8, 4) is 0 Å². The van der Waals surface area contributed by atoms with E-state index in [1.54, 1.807) is 14.0 Å². The van der Waals surface area contributed by atoms with Crippen molar-refractivity contribution in [2.45, 2.75) is 19.8 Å². The van der Waals surface area contributed by atoms with Crippen LogP contribution in [0.2, 0.25) is 0 Å². The van der Waals surface area contributed by atoms with E-state index < -0.39 is 0 Å². The SMILES string of the molecule is CCOC(=O)COCCCNCCC(=O)NC. The second-order valence-electron chi connectivity index (χ2n) is 3.38. The van der Waals surface area contributed by atoms with E-state index in [0.717, 1.165) is 13.0 Å². The molecule has 0 aromatic rings. The lowest BCUT2D eigenvalue weighted by atomic mass is 10.4. The molecule has 0 radical (unpaired) electrons. The average molecular weight is 246 g/mol. The van der Waals surface area contributed by atoms with E-state index in [0.29, 0.717) is 26.2 Å². The summed E-state index contributed by atoms with van der Waals surface area (Å²) < 4.78 is 9.80. The fourth-order valence-electron chi connectivity index (χ4n) is 1.11. The summed E-state index contributed by atoms with van der Waals surface area (Å²) in [4.78, 5) is 21.7. The standard InChI is InChI=1S/C11H22N2O4/c1-3-17-11(15)9-16-8-4-6-13-7-5-10(14)12-2/h13H,3-9H2,1-2H3,(H,12,14). The topological polar surface area (TPSA) is 76.7 Å². The van der Waals surface area contributed by atoms with Crippen LogP contribution in [-0.2, 0) is 19.1 Å². The molecule has 0 spiro atoms. The summed E-state index contributed by atoms with van der Waals surface area (Å²) in [5.74, 6) is -0.309. The normalized spacial score (nSPS) is 10.0. The van der Waals surface area contributed by atoms with E-state index in [4.69, 9.17) is 9.47 Å². The van der Waals surface area contributed by atoms with Crippen LogP contribution in [0.1, 0.15) is 19.8 Å². The first-order valence-corrected chi connectivity index (χ1v) is 5.85. The summed E-state index contributed by atoms with van der Waals surface area (Å²) in [5, 5.41) is 5.65. The molecule has 0 aliphatic carbocycles. The monoisotopic (exact) mass is 246 g/mol. The van der Waals surface area contributed by atoms with Crippen LogP contribution in [0.3, 0.4) is 0 Å². The van der Waals surface area contributed by atoms with Crippen molar-refractivity contribution in [2.75, 3.05) is 40.0 Å². The van der Waals surface area contributed by atoms with Crippen LogP contribution < -0.4 is 10.6 Å². The Labute approximate surface area is 102 Å². The van der Waals surface area contributed by atoms with E-state index in [9.17, 15) is 9.59 Å². The highest BCUT2D eigenvalue weighted by atomic mass is 16.6. The zero-order valence-electron chi connectivity index (χ0n) is 10.6. The molecule has 6 heteroatoms. The van der Waals surface area contributed by atoms with Crippen molar-refractivity contribution in [2.24, 2.45) is 0 Å². The highest BCUT2D eigenvalue weighted by Crippen LogP contribution is 1.85. The van der Waals surface area contributed by atoms with E-state index in [1.807, 2.05) is 0 Å². The molecule has 0 atom stereocenters. The van der Waals surface area contributed by atoms with E-state index in [2.05, 4.69) is 10.6 Å². The maximum Gasteiger partial charge on any atom is 0.332 e. The Morgan fingerprint density at radius 2 is 2.00 bits per heavy atom. The molecule has 100 valence electrons. The minimum absolute atomic E-state index is 0.00603. The van der Waals surface area contributed by atoms with Gasteiger partial charge in [0.25, 0.3) is 0 Å². The number of rotatable bonds is 10. The number of carbonyl (C=O) groups excluding carboxylic acids is 2. The smallest absolute Gasteiger partial charge is 0.332 e. The third kappa shape index (κ3) is 11.1. The second-order valence-corrected chi connectivity index (χ2v) is 3.38. The van der Waals surface area contributed by atoms with Gasteiger partial charge in [0.15, 0.2) is 0 Å². The zero-order valence-corrected chi connectivity index (χ0v) is 10.6. The summed E-state index contributed by atoms with van der Waals surface area (Å²) in [6, 6.07) is 0. The minimum atomic E-state index is -0.333. The molecular formula is C11H22N2O4. The van der Waals surface area contributed by atoms with Crippen molar-refractivity contribution in [1.82, 2.24) is 10.6 Å². The van der Waals surface area contributed by atoms with Crippen LogP contribution in [0.25, 0.3) is 0 Å². The first-order valence-electron chi connectivity index (χ1n) is 5.85. The van der Waals surface area contributed by atoms with Gasteiger partial charge in [-0.05, 0) is 19.9 Å². The van der Waals surface area contributed by atoms with Gasteiger partial charge in [0.05, 0.1) is 6.61 Å². The molecule has 17 heavy (non-hydrogen) atoms. The number of esters is 1. The van der Waals surface area contributed by atoms with E-state index in [1.165, 1.54) is 0 Å². The average Bonchev–Trinajstić information content (AvgIpc) is 2.32. The molecule has 0 saturated heterocycles. The van der Waals surface area contributed by atoms with Gasteiger partial charge in [-0.15, -0.1) is 0 Å². The number of hydrogen-bond donors (Lipinski definition) is 2. The first kappa shape index (κ1) is 15.9. The lowest BCUT2D eigenvalue weighted by Crippen LogP contribution is -2.25. The maximum absolute atomic E-state index is 10.9. The molecule has 0 unspecified atom stereocenters. The van der Waals surface area contributed by atoms with Crippen LogP contribution >= 0.6 is 0 Å². The van der Waals surface area contributed by atoms with Gasteiger partial charge in [0.2, 0.25) is 5.91 Å². The second kappa shape index (κ2) is 11.3. The Morgan fingerprint density at radius 3 is 2.65 bits per heavy atom. The molecule has 0 rings (SSSR count). The van der Waals surface area contributed by atoms with Gasteiger partial charge < -0.3 is 20.1 Å². The lowest BCUT2D eigenvalue weighted by molar-refractivity contribution is -0.148. The third-order valence-corrected chi connectivity index (χ3v) is 1.98. The molecule has 0 aliphatic heterocycles. The van der Waals surface area contributed by atoms with Crippen LogP contribution in [0.4, 0.5) is 0 Å². The van der Waals surface area contributed by atoms with Crippen LogP contribution in [0.5, 0.6) is 0 Å². The molecule has 0 bridgehead atoms. The fraction of sp³-hybridized carbons (Fsp3) is 0.818. The largest absolute Gasteiger partial charge is 0.464 e. The fourth-order valence-corrected chi connectivity index (χ4v) is 1.11. The third-order valence-electron chi connectivity index (χ3n) is 1.98. The maximum atomic E-state index is 10.9. The lowest BCUT2D eigenvalue weighted by Gasteiger charge is -2.05. The van der Waals surface area contributed by atoms with Crippen LogP contribution in [-0.4, -0.2) is 51.8 Å². The number of hydrogen-bond acceptors (Lipinski definition) is 5. The molecule has 0 saturated carbocycles. The van der Waals surface area contributed by atoms with E-state index in [-0.39, 0.29) is 18.5 Å². The van der Waals surface area contributed by atoms with E-state index >= 15 is 0 Å². The molecule has 0 aliphatic rings. The predicted octanol–water partition coefficient (Wildman–Crippen LogP) is -0.318. The zero-order chi connectivity index (χ0) is 12.9. The molecule has 6 nitrogen and oxygen atoms in total. The van der Waals surface area contributed by atoms with Crippen molar-refractivity contribution in [3.05, 3.63) is 0 Å². The molecule has 2 N–H and O–H groups in total. The van der Waals surface area contributed by atoms with Gasteiger partial charge in [-0.3, -0.25) is 4.79 Å². The molecule has 0 heterocycles. The van der Waals surface area contributed by atoms with Gasteiger partial charge in [0.1, 0.15) is 6.61 Å². The quantitative estimate of drug-likeness (QED) is 0.408. The molecule has 1 amide bonds. The molecule has 0 aromatic heterocycles. The van der Waals surface area contributed by atoms with Gasteiger partial charge >= 0.3 is 5.97 Å². The van der Waals surface area contributed by atoms with Crippen molar-refractivity contribution >= 4 is 11.9 Å². The molecular weight excluding hydrogens is 224 g/mol. The Balaban J connectivity index is 3.13. The van der Waals surface area contributed by atoms with Crippen molar-refractivity contribution in [3.63, 3.8) is 0 Å².